The molecule has 0 saturated carbocycles. The number of carbonyl (C=O) groups excluding carboxylic acids is 1. The average Bonchev–Trinajstić information content (AvgIpc) is 2.60. The summed E-state index contributed by atoms with van der Waals surface area (Å²) in [5, 5.41) is 3.31. The Bertz CT molecular complexity index is 972. The van der Waals surface area contributed by atoms with E-state index in [1.54, 1.807) is 6.92 Å². The molecule has 1 amide bonds. The van der Waals surface area contributed by atoms with Gasteiger partial charge in [0.1, 0.15) is 18.4 Å². The Morgan fingerprint density at radius 3 is 2.13 bits per heavy atom. The average molecular weight is 473 g/mol. The van der Waals surface area contributed by atoms with Gasteiger partial charge in [0.2, 0.25) is 15.9 Å². The SMILES string of the molecule is CC[C@H](C(=O)NCCOc1cc(C)cc(C)c1)N(c1cc(Cl)cc(Cl)c1)S(C)(=O)=O. The number of aryl methyl sites for hydroxylation is 2. The molecule has 0 aliphatic carbocycles. The first-order chi connectivity index (χ1) is 14.0. The summed E-state index contributed by atoms with van der Waals surface area (Å²) in [4.78, 5) is 12.8. The molecule has 6 nitrogen and oxygen atoms in total. The van der Waals surface area contributed by atoms with Gasteiger partial charge in [0.25, 0.3) is 0 Å². The minimum absolute atomic E-state index is 0.232. The molecule has 2 aromatic carbocycles. The predicted octanol–water partition coefficient (Wildman–Crippen LogP) is 4.35. The number of hydrogen-bond acceptors (Lipinski definition) is 4. The molecular formula is C21H26Cl2N2O4S. The normalized spacial score (nSPS) is 12.3. The molecule has 0 aliphatic rings. The van der Waals surface area contributed by atoms with E-state index in [2.05, 4.69) is 5.32 Å². The molecule has 2 rings (SSSR count). The van der Waals surface area contributed by atoms with E-state index in [9.17, 15) is 13.2 Å². The Kier molecular flexibility index (Phi) is 8.41. The summed E-state index contributed by atoms with van der Waals surface area (Å²) in [5.41, 5.74) is 2.41. The zero-order valence-corrected chi connectivity index (χ0v) is 19.7. The molecule has 0 heterocycles. The van der Waals surface area contributed by atoms with Crippen molar-refractivity contribution in [2.24, 2.45) is 0 Å². The highest BCUT2D eigenvalue weighted by molar-refractivity contribution is 7.92. The zero-order chi connectivity index (χ0) is 22.5. The zero-order valence-electron chi connectivity index (χ0n) is 17.4. The second-order valence-corrected chi connectivity index (χ2v) is 9.81. The van der Waals surface area contributed by atoms with Crippen LogP contribution in [0.5, 0.6) is 5.75 Å². The summed E-state index contributed by atoms with van der Waals surface area (Å²) in [6.07, 6.45) is 1.31. The lowest BCUT2D eigenvalue weighted by molar-refractivity contribution is -0.122. The van der Waals surface area contributed by atoms with Crippen molar-refractivity contribution in [2.45, 2.75) is 33.2 Å². The number of halogens is 2. The van der Waals surface area contributed by atoms with Crippen molar-refractivity contribution >= 4 is 44.8 Å². The van der Waals surface area contributed by atoms with E-state index >= 15 is 0 Å². The van der Waals surface area contributed by atoms with Gasteiger partial charge in [-0.1, -0.05) is 36.2 Å². The fraction of sp³-hybridized carbons (Fsp3) is 0.381. The number of hydrogen-bond donors (Lipinski definition) is 1. The van der Waals surface area contributed by atoms with E-state index in [4.69, 9.17) is 27.9 Å². The molecule has 1 N–H and O–H groups in total. The Morgan fingerprint density at radius 1 is 1.07 bits per heavy atom. The van der Waals surface area contributed by atoms with Gasteiger partial charge in [-0.15, -0.1) is 0 Å². The van der Waals surface area contributed by atoms with E-state index in [0.29, 0.717) is 0 Å². The third kappa shape index (κ3) is 6.79. The number of rotatable bonds is 9. The topological polar surface area (TPSA) is 75.7 Å². The van der Waals surface area contributed by atoms with Crippen molar-refractivity contribution in [3.05, 3.63) is 57.6 Å². The molecule has 0 bridgehead atoms. The molecule has 164 valence electrons. The van der Waals surface area contributed by atoms with Crippen molar-refractivity contribution in [1.82, 2.24) is 5.32 Å². The standard InChI is InChI=1S/C21H26Cl2N2O4S/c1-5-20(25(30(4,27)28)18-12-16(22)11-17(23)13-18)21(26)24-6-7-29-19-9-14(2)8-15(3)10-19/h8-13,20H,5-7H2,1-4H3,(H,24,26)/t20-/m1/s1. The number of nitrogens with one attached hydrogen (secondary N) is 1. The summed E-state index contributed by atoms with van der Waals surface area (Å²) < 4.78 is 31.7. The lowest BCUT2D eigenvalue weighted by Gasteiger charge is -2.30. The fourth-order valence-electron chi connectivity index (χ4n) is 3.20. The Hall–Kier alpha value is -1.96. The van der Waals surface area contributed by atoms with Gasteiger partial charge in [-0.05, 0) is 61.7 Å². The van der Waals surface area contributed by atoms with Gasteiger partial charge < -0.3 is 10.1 Å². The van der Waals surface area contributed by atoms with Crippen LogP contribution in [0.15, 0.2) is 36.4 Å². The maximum Gasteiger partial charge on any atom is 0.244 e. The van der Waals surface area contributed by atoms with Gasteiger partial charge in [0, 0.05) is 10.0 Å². The minimum atomic E-state index is -3.77. The molecular weight excluding hydrogens is 447 g/mol. The van der Waals surface area contributed by atoms with Crippen LogP contribution in [0, 0.1) is 13.8 Å². The summed E-state index contributed by atoms with van der Waals surface area (Å²) >= 11 is 12.1. The maximum absolute atomic E-state index is 12.8. The van der Waals surface area contributed by atoms with Crippen LogP contribution >= 0.6 is 23.2 Å². The van der Waals surface area contributed by atoms with E-state index in [-0.39, 0.29) is 35.3 Å². The molecule has 0 saturated heterocycles. The molecule has 2 aromatic rings. The summed E-state index contributed by atoms with van der Waals surface area (Å²) in [6.45, 7) is 6.19. The minimum Gasteiger partial charge on any atom is -0.492 e. The first-order valence-corrected chi connectivity index (χ1v) is 12.1. The molecule has 0 aromatic heterocycles. The molecule has 0 fully saturated rings. The number of sulfonamides is 1. The van der Waals surface area contributed by atoms with E-state index in [1.165, 1.54) is 18.2 Å². The van der Waals surface area contributed by atoms with E-state index < -0.39 is 22.0 Å². The van der Waals surface area contributed by atoms with E-state index in [1.807, 2.05) is 32.0 Å². The van der Waals surface area contributed by atoms with Crippen molar-refractivity contribution < 1.29 is 17.9 Å². The molecule has 0 spiro atoms. The number of amides is 1. The van der Waals surface area contributed by atoms with Gasteiger partial charge >= 0.3 is 0 Å². The smallest absolute Gasteiger partial charge is 0.244 e. The number of ether oxygens (including phenoxy) is 1. The van der Waals surface area contributed by atoms with Gasteiger partial charge in [0.15, 0.2) is 0 Å². The van der Waals surface area contributed by atoms with Gasteiger partial charge in [-0.25, -0.2) is 8.42 Å². The van der Waals surface area contributed by atoms with Crippen LogP contribution in [-0.4, -0.2) is 39.8 Å². The van der Waals surface area contributed by atoms with Crippen LogP contribution < -0.4 is 14.4 Å². The molecule has 1 atom stereocenters. The Morgan fingerprint density at radius 2 is 1.63 bits per heavy atom. The summed E-state index contributed by atoms with van der Waals surface area (Å²) in [5.74, 6) is 0.295. The lowest BCUT2D eigenvalue weighted by Crippen LogP contribution is -2.50. The first kappa shape index (κ1) is 24.3. The second kappa shape index (κ2) is 10.4. The van der Waals surface area contributed by atoms with Crippen LogP contribution in [0.25, 0.3) is 0 Å². The third-order valence-electron chi connectivity index (χ3n) is 4.30. The van der Waals surface area contributed by atoms with Crippen molar-refractivity contribution in [3.8, 4) is 5.75 Å². The number of carbonyl (C=O) groups is 1. The van der Waals surface area contributed by atoms with Gasteiger partial charge in [-0.2, -0.15) is 0 Å². The van der Waals surface area contributed by atoms with Crippen LogP contribution in [-0.2, 0) is 14.8 Å². The van der Waals surface area contributed by atoms with Gasteiger partial charge in [-0.3, -0.25) is 9.10 Å². The first-order valence-electron chi connectivity index (χ1n) is 9.45. The third-order valence-corrected chi connectivity index (χ3v) is 5.91. The monoisotopic (exact) mass is 472 g/mol. The van der Waals surface area contributed by atoms with Crippen LogP contribution in [0.2, 0.25) is 10.0 Å². The highest BCUT2D eigenvalue weighted by atomic mass is 35.5. The van der Waals surface area contributed by atoms with Crippen LogP contribution in [0.4, 0.5) is 5.69 Å². The Balaban J connectivity index is 2.10. The highest BCUT2D eigenvalue weighted by Crippen LogP contribution is 2.29. The molecule has 9 heteroatoms. The molecule has 0 aliphatic heterocycles. The lowest BCUT2D eigenvalue weighted by atomic mass is 10.1. The van der Waals surface area contributed by atoms with Crippen molar-refractivity contribution in [2.75, 3.05) is 23.7 Å². The summed E-state index contributed by atoms with van der Waals surface area (Å²) in [7, 11) is -3.77. The molecule has 0 unspecified atom stereocenters. The van der Waals surface area contributed by atoms with Gasteiger partial charge in [0.05, 0.1) is 18.5 Å². The predicted molar refractivity (Wildman–Crippen MR) is 122 cm³/mol. The Labute approximate surface area is 188 Å². The quantitative estimate of drug-likeness (QED) is 0.550. The fourth-order valence-corrected chi connectivity index (χ4v) is 4.91. The number of nitrogens with zero attached hydrogens (tertiary/aromatic N) is 1. The van der Waals surface area contributed by atoms with Crippen LogP contribution in [0.3, 0.4) is 0 Å². The largest absolute Gasteiger partial charge is 0.492 e. The summed E-state index contributed by atoms with van der Waals surface area (Å²) in [6, 6.07) is 9.36. The van der Waals surface area contributed by atoms with E-state index in [0.717, 1.165) is 27.4 Å². The highest BCUT2D eigenvalue weighted by Gasteiger charge is 2.31. The second-order valence-electron chi connectivity index (χ2n) is 7.07. The number of benzene rings is 2. The number of anilines is 1. The maximum atomic E-state index is 12.8. The van der Waals surface area contributed by atoms with Crippen molar-refractivity contribution in [1.29, 1.82) is 0 Å². The molecule has 0 radical (unpaired) electrons. The van der Waals surface area contributed by atoms with Crippen molar-refractivity contribution in [3.63, 3.8) is 0 Å². The molecule has 30 heavy (non-hydrogen) atoms. The van der Waals surface area contributed by atoms with Crippen LogP contribution in [0.1, 0.15) is 24.5 Å².